The van der Waals surface area contributed by atoms with Crippen molar-refractivity contribution >= 4 is 5.91 Å². The van der Waals surface area contributed by atoms with Crippen LogP contribution in [-0.4, -0.2) is 37.7 Å². The van der Waals surface area contributed by atoms with Crippen molar-refractivity contribution in [1.29, 1.82) is 0 Å². The van der Waals surface area contributed by atoms with Gasteiger partial charge in [0.05, 0.1) is 12.0 Å². The van der Waals surface area contributed by atoms with Crippen molar-refractivity contribution in [2.24, 2.45) is 11.8 Å². The van der Waals surface area contributed by atoms with Crippen LogP contribution in [0.4, 0.5) is 0 Å². The number of nitrogens with one attached hydrogen (secondary N) is 2. The minimum atomic E-state index is 0.0687. The van der Waals surface area contributed by atoms with Gasteiger partial charge in [-0.25, -0.2) is 0 Å². The first kappa shape index (κ1) is 13.8. The fraction of sp³-hybridized carbons (Fsp3) is 0.929. The van der Waals surface area contributed by atoms with E-state index in [1.165, 1.54) is 12.8 Å². The smallest absolute Gasteiger partial charge is 0.226 e. The molecule has 3 unspecified atom stereocenters. The largest absolute Gasteiger partial charge is 0.377 e. The number of piperidine rings is 1. The fourth-order valence-electron chi connectivity index (χ4n) is 3.14. The van der Waals surface area contributed by atoms with Crippen LogP contribution in [0.2, 0.25) is 0 Å². The van der Waals surface area contributed by atoms with Gasteiger partial charge >= 0.3 is 0 Å². The molecule has 2 heterocycles. The normalized spacial score (nSPS) is 31.2. The van der Waals surface area contributed by atoms with Crippen molar-refractivity contribution in [1.82, 2.24) is 10.6 Å². The second-order valence-corrected chi connectivity index (χ2v) is 5.60. The van der Waals surface area contributed by atoms with Crippen LogP contribution >= 0.6 is 0 Å². The maximum absolute atomic E-state index is 12.3. The summed E-state index contributed by atoms with van der Waals surface area (Å²) in [4.78, 5) is 12.3. The van der Waals surface area contributed by atoms with Crippen LogP contribution in [0.1, 0.15) is 39.5 Å². The molecule has 2 saturated heterocycles. The summed E-state index contributed by atoms with van der Waals surface area (Å²) in [6.07, 6.45) is 4.27. The molecule has 104 valence electrons. The van der Waals surface area contributed by atoms with Crippen molar-refractivity contribution in [3.63, 3.8) is 0 Å². The molecular weight excluding hydrogens is 228 g/mol. The lowest BCUT2D eigenvalue weighted by molar-refractivity contribution is -0.127. The standard InChI is InChI=1S/C14H26N2O2/c1-3-13-12(6-9-18-13)14(17)16-10(2)11-4-7-15-8-5-11/h10-13,15H,3-9H2,1-2H3,(H,16,17). The Morgan fingerprint density at radius 2 is 2.11 bits per heavy atom. The number of hydrogen-bond acceptors (Lipinski definition) is 3. The molecule has 0 saturated carbocycles. The zero-order chi connectivity index (χ0) is 13.0. The lowest BCUT2D eigenvalue weighted by Crippen LogP contribution is -2.45. The van der Waals surface area contributed by atoms with Gasteiger partial charge in [0.2, 0.25) is 5.91 Å². The van der Waals surface area contributed by atoms with Crippen LogP contribution in [0.15, 0.2) is 0 Å². The molecule has 4 nitrogen and oxygen atoms in total. The van der Waals surface area contributed by atoms with Gasteiger partial charge in [-0.15, -0.1) is 0 Å². The highest BCUT2D eigenvalue weighted by Crippen LogP contribution is 2.24. The highest BCUT2D eigenvalue weighted by molar-refractivity contribution is 5.79. The SMILES string of the molecule is CCC1OCCC1C(=O)NC(C)C1CCNCC1. The number of rotatable bonds is 4. The van der Waals surface area contributed by atoms with E-state index >= 15 is 0 Å². The second-order valence-electron chi connectivity index (χ2n) is 5.60. The molecule has 4 heteroatoms. The molecule has 0 aromatic heterocycles. The first-order chi connectivity index (χ1) is 8.72. The van der Waals surface area contributed by atoms with Crippen molar-refractivity contribution in [3.8, 4) is 0 Å². The average Bonchev–Trinajstić information content (AvgIpc) is 2.88. The Morgan fingerprint density at radius 3 is 2.78 bits per heavy atom. The predicted octanol–water partition coefficient (Wildman–Crippen LogP) is 1.31. The summed E-state index contributed by atoms with van der Waals surface area (Å²) >= 11 is 0. The van der Waals surface area contributed by atoms with E-state index in [-0.39, 0.29) is 24.0 Å². The van der Waals surface area contributed by atoms with Crippen LogP contribution in [0, 0.1) is 11.8 Å². The zero-order valence-corrected chi connectivity index (χ0v) is 11.6. The Bertz CT molecular complexity index is 277. The molecule has 2 aliphatic rings. The summed E-state index contributed by atoms with van der Waals surface area (Å²) < 4.78 is 5.59. The van der Waals surface area contributed by atoms with Gasteiger partial charge < -0.3 is 15.4 Å². The van der Waals surface area contributed by atoms with Crippen LogP contribution in [0.5, 0.6) is 0 Å². The third-order valence-corrected chi connectivity index (χ3v) is 4.41. The number of amides is 1. The van der Waals surface area contributed by atoms with E-state index < -0.39 is 0 Å². The van der Waals surface area contributed by atoms with Crippen LogP contribution in [-0.2, 0) is 9.53 Å². The molecule has 18 heavy (non-hydrogen) atoms. The quantitative estimate of drug-likeness (QED) is 0.795. The molecular formula is C14H26N2O2. The van der Waals surface area contributed by atoms with Gasteiger partial charge in [0, 0.05) is 12.6 Å². The van der Waals surface area contributed by atoms with Crippen LogP contribution in [0.3, 0.4) is 0 Å². The summed E-state index contributed by atoms with van der Waals surface area (Å²) in [6, 6.07) is 0.290. The van der Waals surface area contributed by atoms with Crippen molar-refractivity contribution in [2.45, 2.75) is 51.7 Å². The molecule has 0 aromatic carbocycles. The maximum Gasteiger partial charge on any atom is 0.226 e. The maximum atomic E-state index is 12.3. The number of carbonyl (C=O) groups is 1. The monoisotopic (exact) mass is 254 g/mol. The number of hydrogen-bond donors (Lipinski definition) is 2. The lowest BCUT2D eigenvalue weighted by Gasteiger charge is -2.30. The van der Waals surface area contributed by atoms with Gasteiger partial charge in [-0.1, -0.05) is 6.92 Å². The first-order valence-electron chi connectivity index (χ1n) is 7.35. The molecule has 2 rings (SSSR count). The van der Waals surface area contributed by atoms with E-state index in [0.717, 1.165) is 32.5 Å². The Balaban J connectivity index is 1.82. The van der Waals surface area contributed by atoms with Crippen molar-refractivity contribution in [2.75, 3.05) is 19.7 Å². The molecule has 0 aliphatic carbocycles. The fourth-order valence-corrected chi connectivity index (χ4v) is 3.14. The number of ether oxygens (including phenoxy) is 1. The van der Waals surface area contributed by atoms with Crippen molar-refractivity contribution < 1.29 is 9.53 Å². The van der Waals surface area contributed by atoms with Gasteiger partial charge in [0.15, 0.2) is 0 Å². The van der Waals surface area contributed by atoms with E-state index in [9.17, 15) is 4.79 Å². The second kappa shape index (κ2) is 6.53. The lowest BCUT2D eigenvalue weighted by atomic mass is 9.90. The van der Waals surface area contributed by atoms with Gasteiger partial charge in [0.1, 0.15) is 0 Å². The summed E-state index contributed by atoms with van der Waals surface area (Å²) in [5, 5.41) is 6.57. The van der Waals surface area contributed by atoms with Crippen LogP contribution < -0.4 is 10.6 Å². The van der Waals surface area contributed by atoms with E-state index in [1.807, 2.05) is 0 Å². The summed E-state index contributed by atoms with van der Waals surface area (Å²) in [5.74, 6) is 0.891. The highest BCUT2D eigenvalue weighted by Gasteiger charge is 2.34. The van der Waals surface area contributed by atoms with E-state index in [0.29, 0.717) is 5.92 Å². The Kier molecular flexibility index (Phi) is 5.01. The molecule has 2 N–H and O–H groups in total. The Labute approximate surface area is 110 Å². The molecule has 0 radical (unpaired) electrons. The molecule has 3 atom stereocenters. The highest BCUT2D eigenvalue weighted by atomic mass is 16.5. The topological polar surface area (TPSA) is 50.4 Å². The Morgan fingerprint density at radius 1 is 1.39 bits per heavy atom. The summed E-state index contributed by atoms with van der Waals surface area (Å²) in [5.41, 5.74) is 0. The molecule has 0 aromatic rings. The van der Waals surface area contributed by atoms with E-state index in [2.05, 4.69) is 24.5 Å². The third kappa shape index (κ3) is 3.23. The summed E-state index contributed by atoms with van der Waals surface area (Å²) in [6.45, 7) is 7.12. The molecule has 2 fully saturated rings. The Hall–Kier alpha value is -0.610. The molecule has 0 spiro atoms. The van der Waals surface area contributed by atoms with Crippen LogP contribution in [0.25, 0.3) is 0 Å². The van der Waals surface area contributed by atoms with Gasteiger partial charge in [-0.3, -0.25) is 4.79 Å². The minimum Gasteiger partial charge on any atom is -0.377 e. The van der Waals surface area contributed by atoms with E-state index in [1.54, 1.807) is 0 Å². The van der Waals surface area contributed by atoms with Gasteiger partial charge in [-0.05, 0) is 51.6 Å². The van der Waals surface area contributed by atoms with Gasteiger partial charge in [-0.2, -0.15) is 0 Å². The molecule has 0 bridgehead atoms. The molecule has 1 amide bonds. The number of carbonyl (C=O) groups excluding carboxylic acids is 1. The van der Waals surface area contributed by atoms with Gasteiger partial charge in [0.25, 0.3) is 0 Å². The predicted molar refractivity (Wildman–Crippen MR) is 71.3 cm³/mol. The summed E-state index contributed by atoms with van der Waals surface area (Å²) in [7, 11) is 0. The zero-order valence-electron chi connectivity index (χ0n) is 11.6. The average molecular weight is 254 g/mol. The van der Waals surface area contributed by atoms with Crippen molar-refractivity contribution in [3.05, 3.63) is 0 Å². The van der Waals surface area contributed by atoms with E-state index in [4.69, 9.17) is 4.74 Å². The minimum absolute atomic E-state index is 0.0687. The molecule has 2 aliphatic heterocycles. The third-order valence-electron chi connectivity index (χ3n) is 4.41. The first-order valence-corrected chi connectivity index (χ1v) is 7.35.